The molecule has 2 aromatic rings. The van der Waals surface area contributed by atoms with Crippen LogP contribution < -0.4 is 0 Å². The Hall–Kier alpha value is -1.89. The maximum Gasteiger partial charge on any atom is 0.269 e. The first-order chi connectivity index (χ1) is 11.2. The number of nitro benzene ring substituents is 1. The van der Waals surface area contributed by atoms with Gasteiger partial charge >= 0.3 is 0 Å². The number of non-ortho nitro benzene ring substituents is 1. The van der Waals surface area contributed by atoms with Gasteiger partial charge in [0.1, 0.15) is 5.82 Å². The highest BCUT2D eigenvalue weighted by Crippen LogP contribution is 2.28. The van der Waals surface area contributed by atoms with Crippen LogP contribution in [0.1, 0.15) is 43.5 Å². The number of H-pyrrole nitrogens is 1. The number of benzene rings is 1. The lowest BCUT2D eigenvalue weighted by Crippen LogP contribution is -1.97. The average Bonchev–Trinajstić information content (AvgIpc) is 3.23. The number of rotatable bonds is 7. The van der Waals surface area contributed by atoms with Crippen LogP contribution >= 0.6 is 11.8 Å². The van der Waals surface area contributed by atoms with Crippen molar-refractivity contribution >= 4 is 17.4 Å². The summed E-state index contributed by atoms with van der Waals surface area (Å²) < 4.78 is 0. The van der Waals surface area contributed by atoms with Crippen molar-refractivity contribution in [1.82, 2.24) is 15.2 Å². The van der Waals surface area contributed by atoms with Crippen LogP contribution in [0.4, 0.5) is 5.69 Å². The Labute approximate surface area is 139 Å². The summed E-state index contributed by atoms with van der Waals surface area (Å²) in [6, 6.07) is 6.61. The van der Waals surface area contributed by atoms with E-state index < -0.39 is 0 Å². The van der Waals surface area contributed by atoms with Crippen molar-refractivity contribution in [3.8, 4) is 0 Å². The molecule has 122 valence electrons. The molecule has 7 heteroatoms. The van der Waals surface area contributed by atoms with Gasteiger partial charge in [-0.05, 0) is 17.9 Å². The molecule has 1 aromatic heterocycles. The van der Waals surface area contributed by atoms with Crippen LogP contribution in [-0.2, 0) is 12.2 Å². The monoisotopic (exact) mass is 332 g/mol. The van der Waals surface area contributed by atoms with E-state index in [4.69, 9.17) is 0 Å². The molecule has 6 nitrogen and oxygen atoms in total. The molecule has 0 saturated heterocycles. The third-order valence-corrected chi connectivity index (χ3v) is 5.21. The number of nitro groups is 1. The molecule has 23 heavy (non-hydrogen) atoms. The van der Waals surface area contributed by atoms with E-state index in [2.05, 4.69) is 15.2 Å². The predicted octanol–water partition coefficient (Wildman–Crippen LogP) is 4.13. The number of aromatic nitrogens is 3. The molecule has 0 unspecified atom stereocenters. The predicted molar refractivity (Wildman–Crippen MR) is 89.3 cm³/mol. The van der Waals surface area contributed by atoms with Crippen LogP contribution in [0.25, 0.3) is 0 Å². The Morgan fingerprint density at radius 2 is 2.00 bits per heavy atom. The third kappa shape index (κ3) is 4.54. The molecule has 0 spiro atoms. The molecule has 1 saturated carbocycles. The molecule has 1 aliphatic carbocycles. The first-order valence-corrected chi connectivity index (χ1v) is 8.96. The maximum absolute atomic E-state index is 10.6. The molecular weight excluding hydrogens is 312 g/mol. The number of nitrogens with zero attached hydrogens (tertiary/aromatic N) is 3. The zero-order chi connectivity index (χ0) is 16.1. The largest absolute Gasteiger partial charge is 0.269 e. The number of hydrogen-bond donors (Lipinski definition) is 1. The molecular formula is C16H20N4O2S. The number of aryl methyl sites for hydroxylation is 1. The molecule has 0 aliphatic heterocycles. The van der Waals surface area contributed by atoms with Crippen molar-refractivity contribution in [3.63, 3.8) is 0 Å². The molecule has 3 rings (SSSR count). The fourth-order valence-corrected chi connectivity index (χ4v) is 3.73. The summed E-state index contributed by atoms with van der Waals surface area (Å²) in [6.45, 7) is 0. The SMILES string of the molecule is O=[N+]([O-])c1ccc(CSc2n[nH]c(CCC3CCCC3)n2)cc1. The summed E-state index contributed by atoms with van der Waals surface area (Å²) in [6.07, 6.45) is 7.62. The Balaban J connectivity index is 1.47. The lowest BCUT2D eigenvalue weighted by atomic mass is 10.0. The van der Waals surface area contributed by atoms with Crippen LogP contribution in [-0.4, -0.2) is 20.1 Å². The minimum absolute atomic E-state index is 0.117. The second-order valence-electron chi connectivity index (χ2n) is 5.97. The minimum atomic E-state index is -0.386. The summed E-state index contributed by atoms with van der Waals surface area (Å²) in [7, 11) is 0. The van der Waals surface area contributed by atoms with Crippen LogP contribution in [0.5, 0.6) is 0 Å². The van der Waals surface area contributed by atoms with Gasteiger partial charge in [0.15, 0.2) is 0 Å². The van der Waals surface area contributed by atoms with Crippen molar-refractivity contribution < 1.29 is 4.92 Å². The second-order valence-corrected chi connectivity index (χ2v) is 6.91. The molecule has 1 aromatic carbocycles. The second kappa shape index (κ2) is 7.59. The quantitative estimate of drug-likeness (QED) is 0.468. The Kier molecular flexibility index (Phi) is 5.27. The van der Waals surface area contributed by atoms with Crippen molar-refractivity contribution in [1.29, 1.82) is 0 Å². The van der Waals surface area contributed by atoms with Gasteiger partial charge in [0.25, 0.3) is 5.69 Å². The summed E-state index contributed by atoms with van der Waals surface area (Å²) in [5.74, 6) is 2.53. The smallest absolute Gasteiger partial charge is 0.262 e. The molecule has 0 bridgehead atoms. The molecule has 0 atom stereocenters. The normalized spacial score (nSPS) is 15.1. The van der Waals surface area contributed by atoms with Crippen LogP contribution in [0.3, 0.4) is 0 Å². The van der Waals surface area contributed by atoms with Crippen LogP contribution in [0, 0.1) is 16.0 Å². The molecule has 1 heterocycles. The van der Waals surface area contributed by atoms with Crippen molar-refractivity contribution in [2.24, 2.45) is 5.92 Å². The summed E-state index contributed by atoms with van der Waals surface area (Å²) in [5.41, 5.74) is 1.14. The average molecular weight is 332 g/mol. The standard InChI is InChI=1S/C16H20N4O2S/c21-20(22)14-8-5-13(6-9-14)11-23-16-17-15(18-19-16)10-7-12-3-1-2-4-12/h5-6,8-9,12H,1-4,7,10-11H2,(H,17,18,19). The van der Waals surface area contributed by atoms with E-state index in [0.29, 0.717) is 5.75 Å². The first-order valence-electron chi connectivity index (χ1n) is 7.98. The van der Waals surface area contributed by atoms with Gasteiger partial charge in [0.05, 0.1) is 4.92 Å². The first kappa shape index (κ1) is 16.0. The lowest BCUT2D eigenvalue weighted by Gasteiger charge is -2.05. The molecule has 1 aliphatic rings. The Bertz CT molecular complexity index is 650. The van der Waals surface area contributed by atoms with E-state index >= 15 is 0 Å². The minimum Gasteiger partial charge on any atom is -0.262 e. The third-order valence-electron chi connectivity index (χ3n) is 4.29. The van der Waals surface area contributed by atoms with E-state index in [1.165, 1.54) is 44.2 Å². The van der Waals surface area contributed by atoms with Gasteiger partial charge in [0, 0.05) is 24.3 Å². The van der Waals surface area contributed by atoms with E-state index in [-0.39, 0.29) is 10.6 Å². The summed E-state index contributed by atoms with van der Waals surface area (Å²) in [5, 5.41) is 18.6. The molecule has 1 N–H and O–H groups in total. The van der Waals surface area contributed by atoms with Gasteiger partial charge in [-0.2, -0.15) is 0 Å². The maximum atomic E-state index is 10.6. The molecule has 0 radical (unpaired) electrons. The van der Waals surface area contributed by atoms with Crippen LogP contribution in [0.15, 0.2) is 29.4 Å². The zero-order valence-electron chi connectivity index (χ0n) is 12.9. The number of aromatic amines is 1. The van der Waals surface area contributed by atoms with Gasteiger partial charge in [-0.15, -0.1) is 5.10 Å². The fourth-order valence-electron chi connectivity index (χ4n) is 2.96. The highest BCUT2D eigenvalue weighted by Gasteiger charge is 2.15. The fraction of sp³-hybridized carbons (Fsp3) is 0.500. The highest BCUT2D eigenvalue weighted by molar-refractivity contribution is 7.98. The molecule has 1 fully saturated rings. The highest BCUT2D eigenvalue weighted by atomic mass is 32.2. The lowest BCUT2D eigenvalue weighted by molar-refractivity contribution is -0.384. The van der Waals surface area contributed by atoms with Gasteiger partial charge < -0.3 is 0 Å². The Morgan fingerprint density at radius 3 is 2.70 bits per heavy atom. The van der Waals surface area contributed by atoms with Crippen molar-refractivity contribution in [2.45, 2.75) is 49.4 Å². The number of hydrogen-bond acceptors (Lipinski definition) is 5. The topological polar surface area (TPSA) is 84.7 Å². The van der Waals surface area contributed by atoms with Gasteiger partial charge in [-0.1, -0.05) is 49.6 Å². The summed E-state index contributed by atoms with van der Waals surface area (Å²) >= 11 is 1.54. The van der Waals surface area contributed by atoms with Gasteiger partial charge in [-0.25, -0.2) is 4.98 Å². The van der Waals surface area contributed by atoms with E-state index in [1.807, 2.05) is 0 Å². The van der Waals surface area contributed by atoms with Crippen LogP contribution in [0.2, 0.25) is 0 Å². The van der Waals surface area contributed by atoms with E-state index in [1.54, 1.807) is 23.9 Å². The zero-order valence-corrected chi connectivity index (χ0v) is 13.7. The summed E-state index contributed by atoms with van der Waals surface area (Å²) in [4.78, 5) is 14.8. The van der Waals surface area contributed by atoms with E-state index in [9.17, 15) is 10.1 Å². The van der Waals surface area contributed by atoms with Gasteiger partial charge in [0.2, 0.25) is 5.16 Å². The van der Waals surface area contributed by atoms with E-state index in [0.717, 1.165) is 28.9 Å². The van der Waals surface area contributed by atoms with Gasteiger partial charge in [-0.3, -0.25) is 15.2 Å². The van der Waals surface area contributed by atoms with Crippen molar-refractivity contribution in [3.05, 3.63) is 45.8 Å². The number of thioether (sulfide) groups is 1. The molecule has 0 amide bonds. The Morgan fingerprint density at radius 1 is 1.26 bits per heavy atom. The number of nitrogens with one attached hydrogen (secondary N) is 1. The van der Waals surface area contributed by atoms with Crippen molar-refractivity contribution in [2.75, 3.05) is 0 Å².